The molecule has 3 heterocycles. The van der Waals surface area contributed by atoms with Crippen LogP contribution in [-0.2, 0) is 5.41 Å². The maximum Gasteiger partial charge on any atom is 0.213 e. The summed E-state index contributed by atoms with van der Waals surface area (Å²) in [6, 6.07) is 16.0. The van der Waals surface area contributed by atoms with Crippen LogP contribution in [0.15, 0.2) is 54.7 Å². The minimum absolute atomic E-state index is 0.0283. The molecule has 5 rings (SSSR count). The Bertz CT molecular complexity index is 1130. The second kappa shape index (κ2) is 7.16. The lowest BCUT2D eigenvalue weighted by Crippen LogP contribution is -2.41. The van der Waals surface area contributed by atoms with Gasteiger partial charge in [-0.3, -0.25) is 5.10 Å². The molecule has 3 aromatic heterocycles. The number of nitrogens with one attached hydrogen (secondary N) is 2. The fraction of sp³-hybridized carbons (Fsp3) is 0.273. The molecule has 1 fully saturated rings. The van der Waals surface area contributed by atoms with Gasteiger partial charge in [0.25, 0.3) is 0 Å². The third kappa shape index (κ3) is 3.29. The number of hydrogen-bond acceptors (Lipinski definition) is 6. The second-order valence-electron chi connectivity index (χ2n) is 7.53. The molecule has 7 heteroatoms. The SMILES string of the molecule is COc1cccc(C2(CNc3ccc(-c4ccc5cn[nH]c5c4)nn3)CCC2)n1. The number of fused-ring (bicyclic) bond motifs is 1. The molecule has 29 heavy (non-hydrogen) atoms. The predicted molar refractivity (Wildman–Crippen MR) is 112 cm³/mol. The minimum atomic E-state index is 0.0283. The van der Waals surface area contributed by atoms with Crippen LogP contribution in [0.5, 0.6) is 5.88 Å². The first-order chi connectivity index (χ1) is 14.3. The van der Waals surface area contributed by atoms with Gasteiger partial charge >= 0.3 is 0 Å². The Morgan fingerprint density at radius 2 is 2.03 bits per heavy atom. The third-order valence-corrected chi connectivity index (χ3v) is 5.80. The smallest absolute Gasteiger partial charge is 0.213 e. The van der Waals surface area contributed by atoms with Crippen molar-refractivity contribution >= 4 is 16.7 Å². The van der Waals surface area contributed by atoms with E-state index in [1.54, 1.807) is 7.11 Å². The molecule has 0 amide bonds. The number of methoxy groups -OCH3 is 1. The van der Waals surface area contributed by atoms with Crippen LogP contribution in [0.3, 0.4) is 0 Å². The molecule has 0 spiro atoms. The number of aromatic amines is 1. The van der Waals surface area contributed by atoms with Crippen LogP contribution in [0, 0.1) is 0 Å². The number of anilines is 1. The highest BCUT2D eigenvalue weighted by Crippen LogP contribution is 2.43. The van der Waals surface area contributed by atoms with Crippen LogP contribution in [0.1, 0.15) is 25.0 Å². The maximum absolute atomic E-state index is 5.30. The topological polar surface area (TPSA) is 88.6 Å². The van der Waals surface area contributed by atoms with Gasteiger partial charge in [-0.25, -0.2) is 4.98 Å². The predicted octanol–water partition coefficient (Wildman–Crippen LogP) is 3.96. The summed E-state index contributed by atoms with van der Waals surface area (Å²) in [7, 11) is 1.65. The summed E-state index contributed by atoms with van der Waals surface area (Å²) in [5, 5.41) is 20.4. The highest BCUT2D eigenvalue weighted by atomic mass is 16.5. The van der Waals surface area contributed by atoms with Crippen molar-refractivity contribution in [1.82, 2.24) is 25.4 Å². The van der Waals surface area contributed by atoms with Gasteiger partial charge in [0.2, 0.25) is 5.88 Å². The molecule has 1 aromatic carbocycles. The van der Waals surface area contributed by atoms with Gasteiger partial charge in [-0.1, -0.05) is 24.6 Å². The maximum atomic E-state index is 5.30. The van der Waals surface area contributed by atoms with Gasteiger partial charge in [0.15, 0.2) is 0 Å². The summed E-state index contributed by atoms with van der Waals surface area (Å²) >= 11 is 0. The summed E-state index contributed by atoms with van der Waals surface area (Å²) in [4.78, 5) is 4.67. The Balaban J connectivity index is 1.31. The Hall–Kier alpha value is -3.48. The highest BCUT2D eigenvalue weighted by molar-refractivity contribution is 5.83. The molecule has 1 saturated carbocycles. The molecule has 1 aliphatic rings. The van der Waals surface area contributed by atoms with Gasteiger partial charge in [-0.2, -0.15) is 5.10 Å². The van der Waals surface area contributed by atoms with E-state index in [-0.39, 0.29) is 5.41 Å². The van der Waals surface area contributed by atoms with Gasteiger partial charge in [0, 0.05) is 29.0 Å². The summed E-state index contributed by atoms with van der Waals surface area (Å²) in [6.07, 6.45) is 5.23. The first-order valence-electron chi connectivity index (χ1n) is 9.78. The standard InChI is InChI=1S/C22H22N6O/c1-29-21-5-2-4-19(25-21)22(10-3-11-22)14-23-20-9-8-17(27-28-20)15-6-7-16-13-24-26-18(16)12-15/h2,4-9,12-13H,3,10-11,14H2,1H3,(H,23,28)(H,24,26). The molecular weight excluding hydrogens is 364 g/mol. The van der Waals surface area contributed by atoms with Crippen molar-refractivity contribution in [2.24, 2.45) is 0 Å². The van der Waals surface area contributed by atoms with E-state index in [1.807, 2.05) is 48.7 Å². The molecule has 4 aromatic rings. The second-order valence-corrected chi connectivity index (χ2v) is 7.53. The lowest BCUT2D eigenvalue weighted by molar-refractivity contribution is 0.250. The summed E-state index contributed by atoms with van der Waals surface area (Å²) in [6.45, 7) is 0.779. The van der Waals surface area contributed by atoms with E-state index in [9.17, 15) is 0 Å². The molecule has 1 aliphatic carbocycles. The lowest BCUT2D eigenvalue weighted by atomic mass is 9.66. The summed E-state index contributed by atoms with van der Waals surface area (Å²) < 4.78 is 5.30. The molecule has 0 bridgehead atoms. The van der Waals surface area contributed by atoms with Crippen LogP contribution in [0.4, 0.5) is 5.82 Å². The van der Waals surface area contributed by atoms with E-state index in [4.69, 9.17) is 4.74 Å². The zero-order chi connectivity index (χ0) is 19.7. The largest absolute Gasteiger partial charge is 0.481 e. The first-order valence-corrected chi connectivity index (χ1v) is 9.78. The van der Waals surface area contributed by atoms with Crippen molar-refractivity contribution in [2.75, 3.05) is 19.0 Å². The van der Waals surface area contributed by atoms with Crippen molar-refractivity contribution in [3.63, 3.8) is 0 Å². The first kappa shape index (κ1) is 17.6. The molecule has 0 unspecified atom stereocenters. The molecule has 146 valence electrons. The average molecular weight is 386 g/mol. The number of nitrogens with zero attached hydrogens (tertiary/aromatic N) is 4. The van der Waals surface area contributed by atoms with Gasteiger partial charge < -0.3 is 10.1 Å². The van der Waals surface area contributed by atoms with E-state index >= 15 is 0 Å². The lowest BCUT2D eigenvalue weighted by Gasteiger charge is -2.41. The molecule has 0 atom stereocenters. The Morgan fingerprint density at radius 3 is 2.79 bits per heavy atom. The van der Waals surface area contributed by atoms with Crippen molar-refractivity contribution in [3.8, 4) is 17.1 Å². The molecule has 0 saturated heterocycles. The number of ether oxygens (including phenoxy) is 1. The summed E-state index contributed by atoms with van der Waals surface area (Å²) in [5.74, 6) is 1.43. The van der Waals surface area contributed by atoms with Crippen molar-refractivity contribution in [1.29, 1.82) is 0 Å². The van der Waals surface area contributed by atoms with E-state index in [1.165, 1.54) is 6.42 Å². The van der Waals surface area contributed by atoms with Gasteiger partial charge in [0.05, 0.1) is 30.2 Å². The third-order valence-electron chi connectivity index (χ3n) is 5.80. The number of pyridine rings is 1. The number of rotatable bonds is 6. The van der Waals surface area contributed by atoms with Crippen molar-refractivity contribution in [2.45, 2.75) is 24.7 Å². The number of benzene rings is 1. The molecule has 0 aliphatic heterocycles. The van der Waals surface area contributed by atoms with Gasteiger partial charge in [-0.15, -0.1) is 10.2 Å². The van der Waals surface area contributed by atoms with Crippen molar-refractivity contribution < 1.29 is 4.74 Å². The van der Waals surface area contributed by atoms with E-state index < -0.39 is 0 Å². The molecular formula is C22H22N6O. The fourth-order valence-electron chi connectivity index (χ4n) is 3.89. The zero-order valence-corrected chi connectivity index (χ0v) is 16.2. The number of aromatic nitrogens is 5. The molecule has 7 nitrogen and oxygen atoms in total. The monoisotopic (exact) mass is 386 g/mol. The van der Waals surface area contributed by atoms with Crippen molar-refractivity contribution in [3.05, 3.63) is 60.4 Å². The Labute approximate surface area is 168 Å². The van der Waals surface area contributed by atoms with E-state index in [2.05, 4.69) is 36.8 Å². The van der Waals surface area contributed by atoms with E-state index in [0.717, 1.165) is 53.1 Å². The van der Waals surface area contributed by atoms with Crippen LogP contribution < -0.4 is 10.1 Å². The summed E-state index contributed by atoms with van der Waals surface area (Å²) in [5.41, 5.74) is 3.94. The number of hydrogen-bond donors (Lipinski definition) is 2. The highest BCUT2D eigenvalue weighted by Gasteiger charge is 2.40. The Kier molecular flexibility index (Phi) is 4.35. The average Bonchev–Trinajstić information content (AvgIpc) is 3.21. The quantitative estimate of drug-likeness (QED) is 0.521. The van der Waals surface area contributed by atoms with Crippen LogP contribution in [0.25, 0.3) is 22.2 Å². The van der Waals surface area contributed by atoms with Crippen LogP contribution in [0.2, 0.25) is 0 Å². The van der Waals surface area contributed by atoms with Crippen LogP contribution in [-0.4, -0.2) is 39.0 Å². The van der Waals surface area contributed by atoms with Crippen LogP contribution >= 0.6 is 0 Å². The normalized spacial score (nSPS) is 15.1. The van der Waals surface area contributed by atoms with Gasteiger partial charge in [0.1, 0.15) is 5.82 Å². The molecule has 0 radical (unpaired) electrons. The van der Waals surface area contributed by atoms with E-state index in [0.29, 0.717) is 5.88 Å². The van der Waals surface area contributed by atoms with Gasteiger partial charge in [-0.05, 0) is 37.1 Å². The fourth-order valence-corrected chi connectivity index (χ4v) is 3.89. The Morgan fingerprint density at radius 1 is 1.10 bits per heavy atom. The minimum Gasteiger partial charge on any atom is -0.481 e. The molecule has 2 N–H and O–H groups in total. The number of H-pyrrole nitrogens is 1. The zero-order valence-electron chi connectivity index (χ0n) is 16.2.